The third kappa shape index (κ3) is 4.18. The Morgan fingerprint density at radius 3 is 2.33 bits per heavy atom. The van der Waals surface area contributed by atoms with Crippen LogP contribution in [0.15, 0.2) is 66.0 Å². The van der Waals surface area contributed by atoms with Crippen molar-refractivity contribution in [2.75, 3.05) is 31.1 Å². The summed E-state index contributed by atoms with van der Waals surface area (Å²) in [6.45, 7) is 9.33. The molecule has 0 N–H and O–H groups in total. The highest BCUT2D eigenvalue weighted by Gasteiger charge is 2.27. The summed E-state index contributed by atoms with van der Waals surface area (Å²) in [6.07, 6.45) is 0. The molecular weight excluding hydrogens is 428 g/mol. The number of benzene rings is 2. The molecule has 3 heterocycles. The van der Waals surface area contributed by atoms with Crippen LogP contribution in [0, 0.1) is 20.8 Å². The first kappa shape index (κ1) is 21.5. The molecule has 2 aromatic carbocycles. The highest BCUT2D eigenvalue weighted by atomic mass is 32.1. The van der Waals surface area contributed by atoms with Crippen LogP contribution in [0.3, 0.4) is 0 Å². The van der Waals surface area contributed by atoms with Crippen molar-refractivity contribution in [2.45, 2.75) is 20.8 Å². The minimum Gasteiger partial charge on any atom is -0.368 e. The molecule has 0 unspecified atom stereocenters. The van der Waals surface area contributed by atoms with E-state index in [-0.39, 0.29) is 5.91 Å². The van der Waals surface area contributed by atoms with Crippen LogP contribution in [0.5, 0.6) is 0 Å². The van der Waals surface area contributed by atoms with Crippen molar-refractivity contribution in [1.29, 1.82) is 0 Å². The summed E-state index contributed by atoms with van der Waals surface area (Å²) in [6, 6.07) is 20.7. The number of carbonyl (C=O) groups is 1. The number of thiophene rings is 1. The molecule has 168 valence electrons. The number of anilines is 1. The zero-order valence-electron chi connectivity index (χ0n) is 19.3. The van der Waals surface area contributed by atoms with Gasteiger partial charge in [-0.15, -0.1) is 11.3 Å². The van der Waals surface area contributed by atoms with Gasteiger partial charge in [-0.2, -0.15) is 5.10 Å². The summed E-state index contributed by atoms with van der Waals surface area (Å²) < 4.78 is 1.83. The Morgan fingerprint density at radius 2 is 1.64 bits per heavy atom. The monoisotopic (exact) mass is 456 g/mol. The SMILES string of the molecule is Cc1ccc(-n2nc(-c3cccs3)cc2C(=O)N2CCN(c3ccccc3C)CC2)c(C)c1. The molecule has 0 radical (unpaired) electrons. The lowest BCUT2D eigenvalue weighted by Crippen LogP contribution is -2.49. The number of nitrogens with zero attached hydrogens (tertiary/aromatic N) is 4. The van der Waals surface area contributed by atoms with E-state index in [1.165, 1.54) is 16.8 Å². The maximum atomic E-state index is 13.7. The van der Waals surface area contributed by atoms with Crippen molar-refractivity contribution < 1.29 is 4.79 Å². The molecule has 1 fully saturated rings. The van der Waals surface area contributed by atoms with Crippen molar-refractivity contribution in [3.05, 3.63) is 88.4 Å². The first-order valence-electron chi connectivity index (χ1n) is 11.3. The molecule has 5 rings (SSSR count). The van der Waals surface area contributed by atoms with Crippen molar-refractivity contribution in [3.8, 4) is 16.3 Å². The van der Waals surface area contributed by atoms with E-state index < -0.39 is 0 Å². The van der Waals surface area contributed by atoms with Gasteiger partial charge in [0.15, 0.2) is 0 Å². The third-order valence-electron chi connectivity index (χ3n) is 6.31. The fourth-order valence-electron chi connectivity index (χ4n) is 4.54. The van der Waals surface area contributed by atoms with E-state index in [9.17, 15) is 4.79 Å². The van der Waals surface area contributed by atoms with Gasteiger partial charge in [0.05, 0.1) is 10.6 Å². The molecule has 6 heteroatoms. The molecule has 1 saturated heterocycles. The largest absolute Gasteiger partial charge is 0.368 e. The van der Waals surface area contributed by atoms with E-state index in [0.29, 0.717) is 18.8 Å². The maximum Gasteiger partial charge on any atom is 0.272 e. The fraction of sp³-hybridized carbons (Fsp3) is 0.259. The summed E-state index contributed by atoms with van der Waals surface area (Å²) in [4.78, 5) is 19.1. The van der Waals surface area contributed by atoms with E-state index in [2.05, 4.69) is 74.2 Å². The minimum absolute atomic E-state index is 0.0368. The highest BCUT2D eigenvalue weighted by Crippen LogP contribution is 2.28. The molecule has 1 aliphatic heterocycles. The van der Waals surface area contributed by atoms with Crippen molar-refractivity contribution >= 4 is 22.9 Å². The molecule has 0 saturated carbocycles. The molecule has 33 heavy (non-hydrogen) atoms. The second kappa shape index (κ2) is 8.87. The fourth-order valence-corrected chi connectivity index (χ4v) is 5.22. The zero-order valence-corrected chi connectivity index (χ0v) is 20.1. The summed E-state index contributed by atoms with van der Waals surface area (Å²) in [5.41, 5.74) is 7.24. The van der Waals surface area contributed by atoms with Crippen LogP contribution < -0.4 is 4.90 Å². The Labute approximate surface area is 198 Å². The molecule has 2 aromatic heterocycles. The number of rotatable bonds is 4. The van der Waals surface area contributed by atoms with Crippen molar-refractivity contribution in [3.63, 3.8) is 0 Å². The van der Waals surface area contributed by atoms with Gasteiger partial charge in [-0.3, -0.25) is 4.79 Å². The van der Waals surface area contributed by atoms with E-state index in [0.717, 1.165) is 34.9 Å². The quantitative estimate of drug-likeness (QED) is 0.408. The van der Waals surface area contributed by atoms with Crippen molar-refractivity contribution in [2.24, 2.45) is 0 Å². The van der Waals surface area contributed by atoms with Crippen LogP contribution in [0.1, 0.15) is 27.2 Å². The number of amides is 1. The van der Waals surface area contributed by atoms with E-state index in [1.807, 2.05) is 27.1 Å². The third-order valence-corrected chi connectivity index (χ3v) is 7.20. The molecule has 0 atom stereocenters. The Hall–Kier alpha value is -3.38. The number of hydrogen-bond donors (Lipinski definition) is 0. The lowest BCUT2D eigenvalue weighted by molar-refractivity contribution is 0.0737. The molecule has 4 aromatic rings. The first-order valence-corrected chi connectivity index (χ1v) is 12.2. The Balaban J connectivity index is 1.44. The van der Waals surface area contributed by atoms with Crippen LogP contribution in [0.4, 0.5) is 5.69 Å². The highest BCUT2D eigenvalue weighted by molar-refractivity contribution is 7.13. The second-order valence-corrected chi connectivity index (χ2v) is 9.61. The van der Waals surface area contributed by atoms with Gasteiger partial charge in [0.25, 0.3) is 5.91 Å². The lowest BCUT2D eigenvalue weighted by atomic mass is 10.1. The first-order chi connectivity index (χ1) is 16.0. The molecule has 0 spiro atoms. The molecular formula is C27H28N4OS. The average Bonchev–Trinajstić information content (AvgIpc) is 3.49. The van der Waals surface area contributed by atoms with Crippen LogP contribution in [-0.2, 0) is 0 Å². The summed E-state index contributed by atoms with van der Waals surface area (Å²) in [5.74, 6) is 0.0368. The smallest absolute Gasteiger partial charge is 0.272 e. The van der Waals surface area contributed by atoms with Crippen LogP contribution in [0.2, 0.25) is 0 Å². The van der Waals surface area contributed by atoms with Gasteiger partial charge < -0.3 is 9.80 Å². The molecule has 0 aliphatic carbocycles. The number of aryl methyl sites for hydroxylation is 3. The van der Waals surface area contributed by atoms with Gasteiger partial charge in [0, 0.05) is 31.9 Å². The molecule has 0 bridgehead atoms. The minimum atomic E-state index is 0.0368. The van der Waals surface area contributed by atoms with Gasteiger partial charge in [-0.1, -0.05) is 42.0 Å². The molecule has 1 aliphatic rings. The number of para-hydroxylation sites is 1. The van der Waals surface area contributed by atoms with Crippen LogP contribution >= 0.6 is 11.3 Å². The standard InChI is InChI=1S/C27H28N4OS/c1-19-10-11-24(21(3)17-19)31-25(18-22(28-31)26-9-6-16-33-26)27(32)30-14-12-29(13-15-30)23-8-5-4-7-20(23)2/h4-11,16-18H,12-15H2,1-3H3. The van der Waals surface area contributed by atoms with Crippen molar-refractivity contribution in [1.82, 2.24) is 14.7 Å². The van der Waals surface area contributed by atoms with Crippen LogP contribution in [0.25, 0.3) is 16.3 Å². The van der Waals surface area contributed by atoms with E-state index in [4.69, 9.17) is 5.10 Å². The van der Waals surface area contributed by atoms with Gasteiger partial charge in [-0.05, 0) is 61.5 Å². The van der Waals surface area contributed by atoms with Crippen LogP contribution in [-0.4, -0.2) is 46.8 Å². The predicted molar refractivity (Wildman–Crippen MR) is 136 cm³/mol. The van der Waals surface area contributed by atoms with E-state index in [1.54, 1.807) is 11.3 Å². The predicted octanol–water partition coefficient (Wildman–Crippen LogP) is 5.49. The maximum absolute atomic E-state index is 13.7. The Kier molecular flexibility index (Phi) is 5.77. The number of carbonyl (C=O) groups excluding carboxylic acids is 1. The Morgan fingerprint density at radius 1 is 0.848 bits per heavy atom. The van der Waals surface area contributed by atoms with Gasteiger partial charge in [0.2, 0.25) is 0 Å². The second-order valence-electron chi connectivity index (χ2n) is 8.66. The van der Waals surface area contributed by atoms with Gasteiger partial charge in [0.1, 0.15) is 11.4 Å². The number of hydrogen-bond acceptors (Lipinski definition) is 4. The average molecular weight is 457 g/mol. The molecule has 5 nitrogen and oxygen atoms in total. The Bertz CT molecular complexity index is 1280. The summed E-state index contributed by atoms with van der Waals surface area (Å²) >= 11 is 1.64. The number of aromatic nitrogens is 2. The van der Waals surface area contributed by atoms with E-state index >= 15 is 0 Å². The zero-order chi connectivity index (χ0) is 22.9. The normalized spacial score (nSPS) is 14.0. The topological polar surface area (TPSA) is 41.4 Å². The summed E-state index contributed by atoms with van der Waals surface area (Å²) in [7, 11) is 0. The van der Waals surface area contributed by atoms with Gasteiger partial charge in [-0.25, -0.2) is 4.68 Å². The lowest BCUT2D eigenvalue weighted by Gasteiger charge is -2.36. The molecule has 1 amide bonds. The number of piperazine rings is 1. The van der Waals surface area contributed by atoms with Gasteiger partial charge >= 0.3 is 0 Å². The summed E-state index contributed by atoms with van der Waals surface area (Å²) in [5, 5.41) is 6.91.